The summed E-state index contributed by atoms with van der Waals surface area (Å²) >= 11 is 3.49. The van der Waals surface area contributed by atoms with E-state index in [0.717, 1.165) is 41.4 Å². The van der Waals surface area contributed by atoms with Crippen molar-refractivity contribution < 1.29 is 4.79 Å². The van der Waals surface area contributed by atoms with Crippen LogP contribution in [-0.4, -0.2) is 29.9 Å². The first-order valence-electron chi connectivity index (χ1n) is 6.90. The topological polar surface area (TPSA) is 46.3 Å². The fourth-order valence-corrected chi connectivity index (χ4v) is 3.03. The summed E-state index contributed by atoms with van der Waals surface area (Å²) in [4.78, 5) is 14.6. The van der Waals surface area contributed by atoms with Crippen LogP contribution >= 0.6 is 15.9 Å². The Hall–Kier alpha value is -0.870. The lowest BCUT2D eigenvalue weighted by Crippen LogP contribution is -2.44. The summed E-state index contributed by atoms with van der Waals surface area (Å²) in [7, 11) is 0. The minimum absolute atomic E-state index is 0.138. The number of nitrogens with zero attached hydrogens (tertiary/aromatic N) is 1. The maximum atomic E-state index is 12.6. The van der Waals surface area contributed by atoms with Crippen LogP contribution in [0.15, 0.2) is 22.7 Å². The lowest BCUT2D eigenvalue weighted by Gasteiger charge is -2.35. The van der Waals surface area contributed by atoms with Crippen molar-refractivity contribution in [2.24, 2.45) is 5.73 Å². The van der Waals surface area contributed by atoms with Crippen molar-refractivity contribution in [3.05, 3.63) is 33.8 Å². The molecule has 19 heavy (non-hydrogen) atoms. The van der Waals surface area contributed by atoms with Crippen LogP contribution in [0, 0.1) is 6.92 Å². The van der Waals surface area contributed by atoms with Crippen LogP contribution in [-0.2, 0) is 0 Å². The smallest absolute Gasteiger partial charge is 0.254 e. The number of halogens is 1. The molecule has 1 aliphatic rings. The summed E-state index contributed by atoms with van der Waals surface area (Å²) in [6, 6.07) is 6.13. The highest BCUT2D eigenvalue weighted by molar-refractivity contribution is 9.10. The van der Waals surface area contributed by atoms with Gasteiger partial charge in [-0.25, -0.2) is 0 Å². The second-order valence-corrected chi connectivity index (χ2v) is 6.04. The molecule has 0 spiro atoms. The first-order valence-corrected chi connectivity index (χ1v) is 7.70. The number of amides is 1. The molecule has 4 heteroatoms. The van der Waals surface area contributed by atoms with Crippen LogP contribution in [0.5, 0.6) is 0 Å². The number of hydrogen-bond donors (Lipinski definition) is 1. The first kappa shape index (κ1) is 14.5. The molecule has 1 unspecified atom stereocenters. The second-order valence-electron chi connectivity index (χ2n) is 5.19. The number of carbonyl (C=O) groups excluding carboxylic acids is 1. The van der Waals surface area contributed by atoms with Crippen molar-refractivity contribution in [3.63, 3.8) is 0 Å². The number of nitrogens with two attached hydrogens (primary N) is 1. The van der Waals surface area contributed by atoms with E-state index >= 15 is 0 Å². The third kappa shape index (κ3) is 3.37. The molecular weight excluding hydrogens is 304 g/mol. The molecular formula is C15H21BrN2O. The third-order valence-corrected chi connectivity index (χ3v) is 4.66. The van der Waals surface area contributed by atoms with Gasteiger partial charge >= 0.3 is 0 Å². The Balaban J connectivity index is 2.18. The minimum atomic E-state index is 0.138. The van der Waals surface area contributed by atoms with Gasteiger partial charge in [0, 0.05) is 22.6 Å². The predicted octanol–water partition coefficient (Wildman–Crippen LogP) is 3.10. The van der Waals surface area contributed by atoms with Crippen LogP contribution < -0.4 is 5.73 Å². The van der Waals surface area contributed by atoms with Crippen molar-refractivity contribution in [1.82, 2.24) is 4.90 Å². The standard InChI is InChI=1S/C15H21BrN2O/c1-11-5-6-12(10-14(11)16)15(19)18-9-3-2-4-13(18)7-8-17/h5-6,10,13H,2-4,7-9,17H2,1H3. The van der Waals surface area contributed by atoms with Gasteiger partial charge in [-0.2, -0.15) is 0 Å². The zero-order valence-electron chi connectivity index (χ0n) is 11.4. The molecule has 2 N–H and O–H groups in total. The van der Waals surface area contributed by atoms with Crippen molar-refractivity contribution in [1.29, 1.82) is 0 Å². The molecule has 0 saturated carbocycles. The van der Waals surface area contributed by atoms with Gasteiger partial charge in [-0.05, 0) is 56.8 Å². The average molecular weight is 325 g/mol. The molecule has 1 amide bonds. The summed E-state index contributed by atoms with van der Waals surface area (Å²) in [5.41, 5.74) is 7.57. The first-order chi connectivity index (χ1) is 9.13. The predicted molar refractivity (Wildman–Crippen MR) is 81.2 cm³/mol. The number of hydrogen-bond acceptors (Lipinski definition) is 2. The van der Waals surface area contributed by atoms with E-state index in [2.05, 4.69) is 15.9 Å². The van der Waals surface area contributed by atoms with Gasteiger partial charge < -0.3 is 10.6 Å². The highest BCUT2D eigenvalue weighted by Crippen LogP contribution is 2.24. The van der Waals surface area contributed by atoms with Gasteiger partial charge in [-0.15, -0.1) is 0 Å². The summed E-state index contributed by atoms with van der Waals surface area (Å²) in [5.74, 6) is 0.138. The fraction of sp³-hybridized carbons (Fsp3) is 0.533. The molecule has 1 atom stereocenters. The normalized spacial score (nSPS) is 19.5. The van der Waals surface area contributed by atoms with Crippen LogP contribution in [0.25, 0.3) is 0 Å². The highest BCUT2D eigenvalue weighted by Gasteiger charge is 2.26. The molecule has 1 aromatic rings. The van der Waals surface area contributed by atoms with Gasteiger partial charge in [0.05, 0.1) is 0 Å². The molecule has 1 heterocycles. The Morgan fingerprint density at radius 2 is 2.26 bits per heavy atom. The molecule has 1 aromatic carbocycles. The monoisotopic (exact) mass is 324 g/mol. The molecule has 1 fully saturated rings. The molecule has 2 rings (SSSR count). The summed E-state index contributed by atoms with van der Waals surface area (Å²) in [5, 5.41) is 0. The number of likely N-dealkylation sites (tertiary alicyclic amines) is 1. The van der Waals surface area contributed by atoms with E-state index in [4.69, 9.17) is 5.73 Å². The molecule has 0 bridgehead atoms. The molecule has 0 aliphatic carbocycles. The molecule has 0 radical (unpaired) electrons. The van der Waals surface area contributed by atoms with Crippen molar-refractivity contribution in [2.75, 3.05) is 13.1 Å². The van der Waals surface area contributed by atoms with Gasteiger partial charge in [-0.3, -0.25) is 4.79 Å². The molecule has 104 valence electrons. The second kappa shape index (κ2) is 6.53. The van der Waals surface area contributed by atoms with Gasteiger partial charge in [-0.1, -0.05) is 22.0 Å². The van der Waals surface area contributed by atoms with Gasteiger partial charge in [0.25, 0.3) is 5.91 Å². The Labute approximate surface area is 123 Å². The third-order valence-electron chi connectivity index (χ3n) is 3.81. The lowest BCUT2D eigenvalue weighted by molar-refractivity contribution is 0.0605. The van der Waals surface area contributed by atoms with Crippen LogP contribution in [0.1, 0.15) is 41.6 Å². The van der Waals surface area contributed by atoms with Gasteiger partial charge in [0.15, 0.2) is 0 Å². The van der Waals surface area contributed by atoms with E-state index in [1.54, 1.807) is 0 Å². The highest BCUT2D eigenvalue weighted by atomic mass is 79.9. The van der Waals surface area contributed by atoms with Gasteiger partial charge in [0.2, 0.25) is 0 Å². The van der Waals surface area contributed by atoms with Crippen molar-refractivity contribution in [2.45, 2.75) is 38.6 Å². The van der Waals surface area contributed by atoms with Crippen LogP contribution in [0.3, 0.4) is 0 Å². The zero-order chi connectivity index (χ0) is 13.8. The Bertz CT molecular complexity index is 459. The summed E-state index contributed by atoms with van der Waals surface area (Å²) < 4.78 is 0.991. The van der Waals surface area contributed by atoms with Crippen molar-refractivity contribution in [3.8, 4) is 0 Å². The maximum Gasteiger partial charge on any atom is 0.254 e. The fourth-order valence-electron chi connectivity index (χ4n) is 2.65. The molecule has 0 aromatic heterocycles. The number of aryl methyl sites for hydroxylation is 1. The Morgan fingerprint density at radius 1 is 1.47 bits per heavy atom. The SMILES string of the molecule is Cc1ccc(C(=O)N2CCCCC2CCN)cc1Br. The van der Waals surface area contributed by atoms with Crippen molar-refractivity contribution >= 4 is 21.8 Å². The van der Waals surface area contributed by atoms with E-state index in [1.807, 2.05) is 30.0 Å². The maximum absolute atomic E-state index is 12.6. The van der Waals surface area contributed by atoms with E-state index in [9.17, 15) is 4.79 Å². The molecule has 1 saturated heterocycles. The number of rotatable bonds is 3. The van der Waals surface area contributed by atoms with E-state index in [-0.39, 0.29) is 5.91 Å². The summed E-state index contributed by atoms with van der Waals surface area (Å²) in [6.07, 6.45) is 4.28. The number of piperidine rings is 1. The molecule has 3 nitrogen and oxygen atoms in total. The van der Waals surface area contributed by atoms with E-state index < -0.39 is 0 Å². The Kier molecular flexibility index (Phi) is 4.99. The Morgan fingerprint density at radius 3 is 2.95 bits per heavy atom. The largest absolute Gasteiger partial charge is 0.336 e. The zero-order valence-corrected chi connectivity index (χ0v) is 12.9. The van der Waals surface area contributed by atoms with E-state index in [1.165, 1.54) is 6.42 Å². The number of benzene rings is 1. The number of carbonyl (C=O) groups is 1. The van der Waals surface area contributed by atoms with Gasteiger partial charge in [0.1, 0.15) is 0 Å². The van der Waals surface area contributed by atoms with Crippen LogP contribution in [0.2, 0.25) is 0 Å². The lowest BCUT2D eigenvalue weighted by atomic mass is 9.98. The summed E-state index contributed by atoms with van der Waals surface area (Å²) in [6.45, 7) is 3.53. The van der Waals surface area contributed by atoms with Crippen LogP contribution in [0.4, 0.5) is 0 Å². The molecule has 1 aliphatic heterocycles. The average Bonchev–Trinajstić information content (AvgIpc) is 2.42. The quantitative estimate of drug-likeness (QED) is 0.928. The minimum Gasteiger partial charge on any atom is -0.336 e. The van der Waals surface area contributed by atoms with E-state index in [0.29, 0.717) is 12.6 Å².